The van der Waals surface area contributed by atoms with E-state index in [0.717, 1.165) is 63.6 Å². The van der Waals surface area contributed by atoms with E-state index in [1.165, 1.54) is 11.1 Å². The lowest BCUT2D eigenvalue weighted by molar-refractivity contribution is -0.116. The second kappa shape index (κ2) is 14.7. The van der Waals surface area contributed by atoms with Crippen LogP contribution in [0.4, 0.5) is 5.69 Å². The molecule has 0 amide bonds. The third-order valence-electron chi connectivity index (χ3n) is 6.60. The normalized spacial score (nSPS) is 12.0. The minimum atomic E-state index is 0.134. The Bertz CT molecular complexity index is 1470. The Hall–Kier alpha value is -4.31. The third-order valence-corrected chi connectivity index (χ3v) is 6.60. The first-order valence-electron chi connectivity index (χ1n) is 13.8. The molecule has 40 heavy (non-hydrogen) atoms. The molecule has 0 aliphatic carbocycles. The van der Waals surface area contributed by atoms with Crippen LogP contribution >= 0.6 is 0 Å². The number of aryl methyl sites for hydroxylation is 3. The number of amidine groups is 1. The van der Waals surface area contributed by atoms with Crippen LogP contribution in [0.5, 0.6) is 0 Å². The molecule has 3 aromatic carbocycles. The van der Waals surface area contributed by atoms with Gasteiger partial charge in [0.25, 0.3) is 0 Å². The van der Waals surface area contributed by atoms with E-state index in [-0.39, 0.29) is 5.78 Å². The predicted octanol–water partition coefficient (Wildman–Crippen LogP) is 8.16. The average Bonchev–Trinajstić information content (AvgIpc) is 2.93. The quantitative estimate of drug-likeness (QED) is 0.146. The molecule has 0 aliphatic heterocycles. The number of benzene rings is 3. The van der Waals surface area contributed by atoms with Gasteiger partial charge in [0.15, 0.2) is 0 Å². The van der Waals surface area contributed by atoms with E-state index in [2.05, 4.69) is 78.9 Å². The number of hydrogen-bond donors (Lipinski definition) is 1. The maximum atomic E-state index is 11.7. The zero-order valence-electron chi connectivity index (χ0n) is 24.6. The second-order valence-corrected chi connectivity index (χ2v) is 10.2. The summed E-state index contributed by atoms with van der Waals surface area (Å²) in [6.45, 7) is 16.1. The Morgan fingerprint density at radius 1 is 0.900 bits per heavy atom. The number of aliphatic imine (C=N–C) groups is 2. The number of carbonyl (C=O) groups excluding carboxylic acids is 1. The molecule has 3 aromatic rings. The summed E-state index contributed by atoms with van der Waals surface area (Å²) in [5, 5.41) is 3.52. The fourth-order valence-corrected chi connectivity index (χ4v) is 4.36. The summed E-state index contributed by atoms with van der Waals surface area (Å²) in [4.78, 5) is 21.3. The highest BCUT2D eigenvalue weighted by molar-refractivity contribution is 6.09. The number of carbonyl (C=O) groups is 1. The Morgan fingerprint density at radius 3 is 2.27 bits per heavy atom. The van der Waals surface area contributed by atoms with Crippen molar-refractivity contribution in [3.05, 3.63) is 131 Å². The Morgan fingerprint density at radius 2 is 1.60 bits per heavy atom. The van der Waals surface area contributed by atoms with Crippen molar-refractivity contribution in [3.63, 3.8) is 0 Å². The van der Waals surface area contributed by atoms with E-state index >= 15 is 0 Å². The van der Waals surface area contributed by atoms with Gasteiger partial charge >= 0.3 is 0 Å². The number of ketones is 1. The molecule has 0 unspecified atom stereocenters. The van der Waals surface area contributed by atoms with Gasteiger partial charge in [-0.3, -0.25) is 9.79 Å². The predicted molar refractivity (Wildman–Crippen MR) is 172 cm³/mol. The summed E-state index contributed by atoms with van der Waals surface area (Å²) in [6.07, 6.45) is 6.82. The molecule has 0 heterocycles. The molecule has 0 saturated carbocycles. The second-order valence-electron chi connectivity index (χ2n) is 10.2. The highest BCUT2D eigenvalue weighted by atomic mass is 16.1. The van der Waals surface area contributed by atoms with Gasteiger partial charge in [-0.1, -0.05) is 80.3 Å². The molecule has 0 aromatic heterocycles. The molecule has 4 heteroatoms. The first kappa shape index (κ1) is 30.2. The summed E-state index contributed by atoms with van der Waals surface area (Å²) >= 11 is 0. The van der Waals surface area contributed by atoms with Gasteiger partial charge in [0.1, 0.15) is 11.6 Å². The zero-order chi connectivity index (χ0) is 29.1. The molecule has 0 atom stereocenters. The minimum Gasteiger partial charge on any atom is -0.344 e. The first-order chi connectivity index (χ1) is 19.2. The number of allylic oxidation sites excluding steroid dienone is 3. The standard InChI is InChI=1S/C36H41N3O/c1-8-29-11-9-13-32(22-29)28(6)38-36(39-35-24-31(21-27(5)40)17-16-26(35)4)20-18-30-12-10-14-33(23-30)34(37-7)19-15-25(2)3/h9-17,19,22-24H,2,6,8,18,20-21H2,1,3-5,7H3,(H,38,39)/b19-15-,37-34?. The van der Waals surface area contributed by atoms with Crippen LogP contribution in [0.3, 0.4) is 0 Å². The fraction of sp³-hybridized carbons (Fsp3) is 0.250. The molecular weight excluding hydrogens is 490 g/mol. The molecule has 0 saturated heterocycles. The van der Waals surface area contributed by atoms with Gasteiger partial charge in [0, 0.05) is 25.6 Å². The lowest BCUT2D eigenvalue weighted by Crippen LogP contribution is -2.22. The van der Waals surface area contributed by atoms with Crippen molar-refractivity contribution >= 4 is 28.7 Å². The van der Waals surface area contributed by atoms with E-state index < -0.39 is 0 Å². The van der Waals surface area contributed by atoms with Gasteiger partial charge < -0.3 is 5.32 Å². The van der Waals surface area contributed by atoms with Crippen LogP contribution in [-0.4, -0.2) is 24.4 Å². The highest BCUT2D eigenvalue weighted by Gasteiger charge is 2.10. The van der Waals surface area contributed by atoms with Crippen LogP contribution in [0.1, 0.15) is 60.6 Å². The third kappa shape index (κ3) is 9.16. The van der Waals surface area contributed by atoms with Gasteiger partial charge in [0.05, 0.1) is 11.4 Å². The molecule has 206 valence electrons. The van der Waals surface area contributed by atoms with Gasteiger partial charge in [-0.25, -0.2) is 4.99 Å². The SMILES string of the molecule is C=C(C)/C=C\C(=NC)c1cccc(CCC(=Nc2cc(CC(C)=O)ccc2C)NC(=C)c2cccc(CC)c2)c1. The van der Waals surface area contributed by atoms with Crippen LogP contribution in [0.25, 0.3) is 5.70 Å². The van der Waals surface area contributed by atoms with Crippen LogP contribution in [0.15, 0.2) is 108 Å². The van der Waals surface area contributed by atoms with Crippen molar-refractivity contribution in [3.8, 4) is 0 Å². The van der Waals surface area contributed by atoms with E-state index in [0.29, 0.717) is 12.8 Å². The average molecular weight is 532 g/mol. The number of Topliss-reactive ketones (excluding diaryl/α,β-unsaturated/α-hetero) is 1. The first-order valence-corrected chi connectivity index (χ1v) is 13.8. The van der Waals surface area contributed by atoms with Crippen LogP contribution in [0, 0.1) is 6.92 Å². The molecular formula is C36H41N3O. The Kier molecular flexibility index (Phi) is 11.1. The van der Waals surface area contributed by atoms with Crippen molar-refractivity contribution < 1.29 is 4.79 Å². The van der Waals surface area contributed by atoms with E-state index in [1.807, 2.05) is 44.2 Å². The van der Waals surface area contributed by atoms with Gasteiger partial charge in [-0.15, -0.1) is 0 Å². The number of hydrogen-bond acceptors (Lipinski definition) is 3. The number of nitrogens with zero attached hydrogens (tertiary/aromatic N) is 2. The molecule has 1 N–H and O–H groups in total. The van der Waals surface area contributed by atoms with Crippen molar-refractivity contribution in [2.45, 2.75) is 53.4 Å². The van der Waals surface area contributed by atoms with Gasteiger partial charge in [-0.05, 0) is 91.3 Å². The highest BCUT2D eigenvalue weighted by Crippen LogP contribution is 2.23. The molecule has 3 rings (SSSR count). The maximum Gasteiger partial charge on any atom is 0.134 e. The van der Waals surface area contributed by atoms with Crippen LogP contribution in [-0.2, 0) is 24.1 Å². The zero-order valence-corrected chi connectivity index (χ0v) is 24.6. The Labute approximate surface area is 240 Å². The van der Waals surface area contributed by atoms with Crippen LogP contribution < -0.4 is 5.32 Å². The van der Waals surface area contributed by atoms with Crippen molar-refractivity contribution in [1.29, 1.82) is 0 Å². The topological polar surface area (TPSA) is 53.8 Å². The molecule has 4 nitrogen and oxygen atoms in total. The largest absolute Gasteiger partial charge is 0.344 e. The summed E-state index contributed by atoms with van der Waals surface area (Å²) in [5.74, 6) is 0.959. The van der Waals surface area contributed by atoms with Gasteiger partial charge in [0.2, 0.25) is 0 Å². The molecule has 0 fully saturated rings. The molecule has 0 bridgehead atoms. The molecule has 0 radical (unpaired) electrons. The Balaban J connectivity index is 1.92. The minimum absolute atomic E-state index is 0.134. The number of nitrogens with one attached hydrogen (secondary N) is 1. The molecule has 0 spiro atoms. The lowest BCUT2D eigenvalue weighted by Gasteiger charge is -2.15. The maximum absolute atomic E-state index is 11.7. The van der Waals surface area contributed by atoms with Crippen molar-refractivity contribution in [1.82, 2.24) is 5.32 Å². The van der Waals surface area contributed by atoms with Crippen LogP contribution in [0.2, 0.25) is 0 Å². The number of rotatable bonds is 12. The fourth-order valence-electron chi connectivity index (χ4n) is 4.36. The van der Waals surface area contributed by atoms with E-state index in [4.69, 9.17) is 4.99 Å². The van der Waals surface area contributed by atoms with E-state index in [9.17, 15) is 4.79 Å². The van der Waals surface area contributed by atoms with Gasteiger partial charge in [-0.2, -0.15) is 0 Å². The summed E-state index contributed by atoms with van der Waals surface area (Å²) in [5.41, 5.74) is 10.2. The summed E-state index contributed by atoms with van der Waals surface area (Å²) < 4.78 is 0. The summed E-state index contributed by atoms with van der Waals surface area (Å²) in [7, 11) is 1.81. The van der Waals surface area contributed by atoms with Crippen molar-refractivity contribution in [2.75, 3.05) is 7.05 Å². The lowest BCUT2D eigenvalue weighted by atomic mass is 10.0. The van der Waals surface area contributed by atoms with Crippen molar-refractivity contribution in [2.24, 2.45) is 9.98 Å². The smallest absolute Gasteiger partial charge is 0.134 e. The summed E-state index contributed by atoms with van der Waals surface area (Å²) in [6, 6.07) is 22.9. The molecule has 0 aliphatic rings. The monoisotopic (exact) mass is 531 g/mol. The van der Waals surface area contributed by atoms with E-state index in [1.54, 1.807) is 14.0 Å².